The fourth-order valence-corrected chi connectivity index (χ4v) is 3.04. The molecule has 2 amide bonds. The second-order valence-electron chi connectivity index (χ2n) is 4.86. The number of urea groups is 1. The molecule has 110 valence electrons. The minimum atomic E-state index is -0.878. The number of carboxylic acids is 1. The number of carbonyl (C=O) groups excluding carboxylic acids is 1. The van der Waals surface area contributed by atoms with Gasteiger partial charge in [-0.2, -0.15) is 11.8 Å². The molecule has 6 nitrogen and oxygen atoms in total. The first-order valence-electron chi connectivity index (χ1n) is 6.41. The van der Waals surface area contributed by atoms with Crippen LogP contribution in [0.5, 0.6) is 0 Å². The number of hydrogen-bond acceptors (Lipinski definition) is 4. The molecule has 1 aliphatic rings. The van der Waals surface area contributed by atoms with Gasteiger partial charge in [0.1, 0.15) is 0 Å². The summed E-state index contributed by atoms with van der Waals surface area (Å²) in [6.07, 6.45) is 0.0687. The van der Waals surface area contributed by atoms with Gasteiger partial charge >= 0.3 is 12.0 Å². The SMILES string of the molecule is CC(O)CCN(C)C(=O)N1CCSCC1CC(=O)O. The Morgan fingerprint density at radius 2 is 2.21 bits per heavy atom. The van der Waals surface area contributed by atoms with Crippen LogP contribution < -0.4 is 0 Å². The van der Waals surface area contributed by atoms with Crippen LogP contribution in [0, 0.1) is 0 Å². The van der Waals surface area contributed by atoms with E-state index in [0.29, 0.717) is 25.3 Å². The quantitative estimate of drug-likeness (QED) is 0.779. The summed E-state index contributed by atoms with van der Waals surface area (Å²) in [7, 11) is 1.68. The Hall–Kier alpha value is -0.950. The Morgan fingerprint density at radius 1 is 1.53 bits per heavy atom. The van der Waals surface area contributed by atoms with E-state index < -0.39 is 12.1 Å². The van der Waals surface area contributed by atoms with Crippen molar-refractivity contribution < 1.29 is 19.8 Å². The first-order chi connectivity index (χ1) is 8.91. The van der Waals surface area contributed by atoms with Gasteiger partial charge in [0, 0.05) is 31.6 Å². The standard InChI is InChI=1S/C12H22N2O4S/c1-9(15)3-4-13(2)12(18)14-5-6-19-8-10(14)7-11(16)17/h9-10,15H,3-8H2,1-2H3,(H,16,17). The smallest absolute Gasteiger partial charge is 0.320 e. The van der Waals surface area contributed by atoms with Gasteiger partial charge in [-0.15, -0.1) is 0 Å². The lowest BCUT2D eigenvalue weighted by Crippen LogP contribution is -2.52. The summed E-state index contributed by atoms with van der Waals surface area (Å²) in [6, 6.07) is -0.384. The highest BCUT2D eigenvalue weighted by atomic mass is 32.2. The average molecular weight is 290 g/mol. The summed E-state index contributed by atoms with van der Waals surface area (Å²) in [5.41, 5.74) is 0. The van der Waals surface area contributed by atoms with E-state index in [1.54, 1.807) is 35.5 Å². The molecule has 1 aliphatic heterocycles. The normalized spacial score (nSPS) is 21.0. The number of carboxylic acid groups (broad SMARTS) is 1. The van der Waals surface area contributed by atoms with Crippen molar-refractivity contribution in [3.8, 4) is 0 Å². The third-order valence-corrected chi connectivity index (χ3v) is 4.18. The zero-order chi connectivity index (χ0) is 14.4. The van der Waals surface area contributed by atoms with Gasteiger partial charge in [0.05, 0.1) is 18.6 Å². The van der Waals surface area contributed by atoms with Crippen LogP contribution in [-0.2, 0) is 4.79 Å². The first-order valence-corrected chi connectivity index (χ1v) is 7.56. The van der Waals surface area contributed by atoms with Crippen molar-refractivity contribution >= 4 is 23.8 Å². The highest BCUT2D eigenvalue weighted by Gasteiger charge is 2.30. The number of hydrogen-bond donors (Lipinski definition) is 2. The van der Waals surface area contributed by atoms with E-state index in [9.17, 15) is 14.7 Å². The van der Waals surface area contributed by atoms with Crippen LogP contribution in [-0.4, -0.2) is 75.8 Å². The highest BCUT2D eigenvalue weighted by Crippen LogP contribution is 2.20. The molecule has 19 heavy (non-hydrogen) atoms. The third-order valence-electron chi connectivity index (χ3n) is 3.09. The molecule has 0 aromatic heterocycles. The molecule has 1 rings (SSSR count). The zero-order valence-electron chi connectivity index (χ0n) is 11.4. The van der Waals surface area contributed by atoms with Crippen LogP contribution in [0.15, 0.2) is 0 Å². The van der Waals surface area contributed by atoms with E-state index in [4.69, 9.17) is 5.11 Å². The molecule has 7 heteroatoms. The fraction of sp³-hybridized carbons (Fsp3) is 0.833. The van der Waals surface area contributed by atoms with Crippen LogP contribution in [0.2, 0.25) is 0 Å². The van der Waals surface area contributed by atoms with Crippen molar-refractivity contribution in [3.63, 3.8) is 0 Å². The summed E-state index contributed by atoms with van der Waals surface area (Å²) < 4.78 is 0. The lowest BCUT2D eigenvalue weighted by Gasteiger charge is -2.37. The number of aliphatic hydroxyl groups is 1. The number of carbonyl (C=O) groups is 2. The van der Waals surface area contributed by atoms with Crippen molar-refractivity contribution in [1.82, 2.24) is 9.80 Å². The number of aliphatic carboxylic acids is 1. The van der Waals surface area contributed by atoms with Gasteiger partial charge in [0.2, 0.25) is 0 Å². The van der Waals surface area contributed by atoms with Gasteiger partial charge in [-0.3, -0.25) is 4.79 Å². The third kappa shape index (κ3) is 5.28. The molecule has 0 bridgehead atoms. The number of thioether (sulfide) groups is 1. The number of amides is 2. The van der Waals surface area contributed by atoms with Crippen molar-refractivity contribution in [2.24, 2.45) is 0 Å². The Balaban J connectivity index is 2.58. The molecule has 2 atom stereocenters. The summed E-state index contributed by atoms with van der Waals surface area (Å²) in [5, 5.41) is 18.1. The van der Waals surface area contributed by atoms with Gasteiger partial charge in [-0.05, 0) is 13.3 Å². The summed E-state index contributed by atoms with van der Waals surface area (Å²) in [6.45, 7) is 2.74. The maximum Gasteiger partial charge on any atom is 0.320 e. The van der Waals surface area contributed by atoms with Crippen molar-refractivity contribution in [3.05, 3.63) is 0 Å². The van der Waals surface area contributed by atoms with E-state index in [2.05, 4.69) is 0 Å². The largest absolute Gasteiger partial charge is 0.481 e. The molecular weight excluding hydrogens is 268 g/mol. The van der Waals surface area contributed by atoms with Crippen molar-refractivity contribution in [2.45, 2.75) is 31.9 Å². The lowest BCUT2D eigenvalue weighted by molar-refractivity contribution is -0.138. The van der Waals surface area contributed by atoms with Crippen LogP contribution in [0.1, 0.15) is 19.8 Å². The zero-order valence-corrected chi connectivity index (χ0v) is 12.2. The predicted octanol–water partition coefficient (Wildman–Crippen LogP) is 0.701. The molecule has 1 heterocycles. The molecule has 0 aliphatic carbocycles. The Labute approximate surface area is 117 Å². The molecule has 1 saturated heterocycles. The second kappa shape index (κ2) is 7.59. The maximum atomic E-state index is 12.3. The van der Waals surface area contributed by atoms with E-state index in [1.807, 2.05) is 0 Å². The summed E-state index contributed by atoms with van der Waals surface area (Å²) in [4.78, 5) is 26.3. The highest BCUT2D eigenvalue weighted by molar-refractivity contribution is 7.99. The molecule has 2 unspecified atom stereocenters. The Kier molecular flexibility index (Phi) is 6.44. The second-order valence-corrected chi connectivity index (χ2v) is 6.01. The predicted molar refractivity (Wildman–Crippen MR) is 74.4 cm³/mol. The molecule has 0 aromatic rings. The number of rotatable bonds is 5. The van der Waals surface area contributed by atoms with Gasteiger partial charge in [0.15, 0.2) is 0 Å². The molecular formula is C12H22N2O4S. The van der Waals surface area contributed by atoms with Crippen molar-refractivity contribution in [1.29, 1.82) is 0 Å². The molecule has 0 radical (unpaired) electrons. The monoisotopic (exact) mass is 290 g/mol. The molecule has 1 fully saturated rings. The van der Waals surface area contributed by atoms with E-state index >= 15 is 0 Å². The first kappa shape index (κ1) is 16.1. The van der Waals surface area contributed by atoms with E-state index in [0.717, 1.165) is 5.75 Å². The molecule has 2 N–H and O–H groups in total. The van der Waals surface area contributed by atoms with Gasteiger partial charge in [0.25, 0.3) is 0 Å². The maximum absolute atomic E-state index is 12.3. The van der Waals surface area contributed by atoms with Crippen LogP contribution >= 0.6 is 11.8 Å². The fourth-order valence-electron chi connectivity index (χ4n) is 1.97. The number of aliphatic hydroxyl groups excluding tert-OH is 1. The van der Waals surface area contributed by atoms with Crippen LogP contribution in [0.4, 0.5) is 4.79 Å². The molecule has 0 saturated carbocycles. The number of nitrogens with zero attached hydrogens (tertiary/aromatic N) is 2. The van der Waals surface area contributed by atoms with Gasteiger partial charge < -0.3 is 20.0 Å². The minimum Gasteiger partial charge on any atom is -0.481 e. The summed E-state index contributed by atoms with van der Waals surface area (Å²) in [5.74, 6) is 0.630. The van der Waals surface area contributed by atoms with Crippen molar-refractivity contribution in [2.75, 3.05) is 31.6 Å². The Morgan fingerprint density at radius 3 is 2.79 bits per heavy atom. The topological polar surface area (TPSA) is 81.1 Å². The lowest BCUT2D eigenvalue weighted by atomic mass is 10.2. The molecule has 0 aromatic carbocycles. The summed E-state index contributed by atoms with van der Waals surface area (Å²) >= 11 is 1.68. The van der Waals surface area contributed by atoms with Gasteiger partial charge in [-0.1, -0.05) is 0 Å². The average Bonchev–Trinajstić information content (AvgIpc) is 2.35. The van der Waals surface area contributed by atoms with Gasteiger partial charge in [-0.25, -0.2) is 4.79 Å². The Bertz CT molecular complexity index is 325. The van der Waals surface area contributed by atoms with Crippen LogP contribution in [0.25, 0.3) is 0 Å². The molecule has 0 spiro atoms. The minimum absolute atomic E-state index is 0.0109. The van der Waals surface area contributed by atoms with E-state index in [-0.39, 0.29) is 18.5 Å². The van der Waals surface area contributed by atoms with Crippen LogP contribution in [0.3, 0.4) is 0 Å². The van der Waals surface area contributed by atoms with E-state index in [1.165, 1.54) is 0 Å².